The van der Waals surface area contributed by atoms with Crippen LogP contribution in [0.5, 0.6) is 5.75 Å². The number of fused-ring (bicyclic) bond motifs is 1. The molecule has 0 spiro atoms. The Morgan fingerprint density at radius 1 is 1.19 bits per heavy atom. The fraction of sp³-hybridized carbons (Fsp3) is 0.379. The van der Waals surface area contributed by atoms with Crippen LogP contribution in [0, 0.1) is 5.92 Å². The number of carbonyl (C=O) groups is 3. The quantitative estimate of drug-likeness (QED) is 0.148. The molecule has 4 rings (SSSR count). The SMILES string of the molecule is CC(O)(CC(=O)O)C(=O)O.CCOC(=O)[C@H](C)C[P@](=O)(COC1C=C(F)[C@H](n2cnc3c(N)ccnc32)O1)Oc1ccccc1.O=C=O. The van der Waals surface area contributed by atoms with Gasteiger partial charge in [-0.15, -0.1) is 0 Å². The number of ether oxygens (including phenoxy) is 3. The van der Waals surface area contributed by atoms with Crippen molar-refractivity contribution in [2.75, 3.05) is 24.9 Å². The van der Waals surface area contributed by atoms with Gasteiger partial charge in [-0.1, -0.05) is 25.1 Å². The first-order valence-corrected chi connectivity index (χ1v) is 15.9. The van der Waals surface area contributed by atoms with Gasteiger partial charge in [-0.2, -0.15) is 9.59 Å². The molecule has 1 aliphatic heterocycles. The number of para-hydroxylation sites is 1. The number of halogens is 1. The number of hydrogen-bond donors (Lipinski definition) is 4. The number of nitrogens with zero attached hydrogens (tertiary/aromatic N) is 3. The van der Waals surface area contributed by atoms with E-state index in [1.165, 1.54) is 17.1 Å². The summed E-state index contributed by atoms with van der Waals surface area (Å²) in [6, 6.07) is 10.1. The second-order valence-corrected chi connectivity index (χ2v) is 12.7. The Balaban J connectivity index is 0.000000523. The molecule has 0 radical (unpaired) electrons. The Morgan fingerprint density at radius 3 is 2.40 bits per heavy atom. The highest BCUT2D eigenvalue weighted by Crippen LogP contribution is 2.49. The van der Waals surface area contributed by atoms with Gasteiger partial charge in [0.15, 0.2) is 29.6 Å². The van der Waals surface area contributed by atoms with Crippen molar-refractivity contribution in [1.82, 2.24) is 14.5 Å². The molecule has 0 saturated carbocycles. The summed E-state index contributed by atoms with van der Waals surface area (Å²) >= 11 is 0. The van der Waals surface area contributed by atoms with Gasteiger partial charge in [-0.25, -0.2) is 19.2 Å². The monoisotopic (exact) mass is 696 g/mol. The van der Waals surface area contributed by atoms with E-state index in [1.807, 2.05) is 0 Å². The maximum Gasteiger partial charge on any atom is 0.373 e. The summed E-state index contributed by atoms with van der Waals surface area (Å²) in [6.45, 7) is 4.43. The van der Waals surface area contributed by atoms with Gasteiger partial charge in [0.1, 0.15) is 17.6 Å². The number of rotatable bonds is 13. The average molecular weight is 697 g/mol. The zero-order valence-electron chi connectivity index (χ0n) is 25.9. The van der Waals surface area contributed by atoms with Crippen LogP contribution in [0.15, 0.2) is 60.8 Å². The molecule has 5 atom stereocenters. The van der Waals surface area contributed by atoms with Crippen molar-refractivity contribution in [2.24, 2.45) is 5.92 Å². The fourth-order valence-electron chi connectivity index (χ4n) is 3.98. The van der Waals surface area contributed by atoms with E-state index in [0.29, 0.717) is 22.6 Å². The van der Waals surface area contributed by atoms with Crippen LogP contribution in [0.4, 0.5) is 10.1 Å². The predicted octanol–water partition coefficient (Wildman–Crippen LogP) is 2.97. The van der Waals surface area contributed by atoms with Crippen LogP contribution < -0.4 is 10.3 Å². The van der Waals surface area contributed by atoms with Gasteiger partial charge in [-0.05, 0) is 32.0 Å². The molecule has 3 heterocycles. The molecule has 260 valence electrons. The number of aliphatic carboxylic acids is 2. The lowest BCUT2D eigenvalue weighted by Crippen LogP contribution is -2.37. The van der Waals surface area contributed by atoms with Gasteiger partial charge in [0.25, 0.3) is 7.37 Å². The van der Waals surface area contributed by atoms with Crippen molar-refractivity contribution in [3.05, 3.63) is 60.8 Å². The van der Waals surface area contributed by atoms with Crippen molar-refractivity contribution in [1.29, 1.82) is 0 Å². The largest absolute Gasteiger partial charge is 0.481 e. The standard InChI is InChI=1S/C23H26FN4O6P.C5H8O5.CO2/c1-3-31-23(29)15(2)12-35(30,34-16-7-5-4-6-8-16)14-32-19-11-17(24)22(33-19)28-13-27-20-18(25)9-10-26-21(20)28;1-5(10,4(8)9)2-3(6)7;2-1-3/h4-11,13,15,19,22H,3,12,14H2,1-2H3,(H2,25,26);10H,2H2,1H3,(H,6,7)(H,8,9);/t15-,19?,22-,35-;;/m1../s1. The van der Waals surface area contributed by atoms with Gasteiger partial charge in [0.05, 0.1) is 37.1 Å². The summed E-state index contributed by atoms with van der Waals surface area (Å²) in [5.74, 6) is -4.34. The lowest BCUT2D eigenvalue weighted by Gasteiger charge is -2.23. The van der Waals surface area contributed by atoms with Crippen LogP contribution in [-0.4, -0.2) is 84.9 Å². The van der Waals surface area contributed by atoms with Crippen LogP contribution in [-0.2, 0) is 42.7 Å². The van der Waals surface area contributed by atoms with Crippen LogP contribution >= 0.6 is 7.37 Å². The van der Waals surface area contributed by atoms with E-state index in [0.717, 1.165) is 13.0 Å². The normalized spacial score (nSPS) is 18.2. The van der Waals surface area contributed by atoms with Gasteiger partial charge < -0.3 is 39.8 Å². The summed E-state index contributed by atoms with van der Waals surface area (Å²) < 4.78 is 52.0. The van der Waals surface area contributed by atoms with Gasteiger partial charge in [0, 0.05) is 12.3 Å². The van der Waals surface area contributed by atoms with Gasteiger partial charge in [0.2, 0.25) is 0 Å². The highest BCUT2D eigenvalue weighted by Gasteiger charge is 2.36. The minimum atomic E-state index is -3.58. The molecule has 5 N–H and O–H groups in total. The number of carbonyl (C=O) groups excluding carboxylic acids is 3. The number of nitrogens with two attached hydrogens (primary N) is 1. The third-order valence-corrected chi connectivity index (χ3v) is 8.38. The number of imidazole rings is 1. The highest BCUT2D eigenvalue weighted by atomic mass is 31.2. The smallest absolute Gasteiger partial charge is 0.373 e. The molecule has 19 heteroatoms. The molecule has 48 heavy (non-hydrogen) atoms. The lowest BCUT2D eigenvalue weighted by molar-refractivity contribution is -0.191. The summed E-state index contributed by atoms with van der Waals surface area (Å²) in [5.41, 5.74) is 4.91. The van der Waals surface area contributed by atoms with Gasteiger partial charge >= 0.3 is 24.1 Å². The number of benzene rings is 1. The molecule has 1 aliphatic rings. The van der Waals surface area contributed by atoms with Crippen molar-refractivity contribution in [3.8, 4) is 5.75 Å². The minimum Gasteiger partial charge on any atom is -0.481 e. The zero-order chi connectivity index (χ0) is 36.1. The zero-order valence-corrected chi connectivity index (χ0v) is 26.8. The average Bonchev–Trinajstić information content (AvgIpc) is 3.60. The Labute approximate surface area is 272 Å². The number of aliphatic hydroxyl groups is 1. The first-order chi connectivity index (χ1) is 22.6. The van der Waals surface area contributed by atoms with Crippen molar-refractivity contribution < 1.29 is 67.0 Å². The third kappa shape index (κ3) is 11.4. The third-order valence-electron chi connectivity index (χ3n) is 6.19. The molecule has 0 amide bonds. The topological polar surface area (TPSA) is 257 Å². The van der Waals surface area contributed by atoms with E-state index in [2.05, 4.69) is 9.97 Å². The fourth-order valence-corrected chi connectivity index (χ4v) is 6.07. The van der Waals surface area contributed by atoms with E-state index in [-0.39, 0.29) is 18.9 Å². The maximum atomic E-state index is 14.8. The first-order valence-electron chi connectivity index (χ1n) is 13.9. The van der Waals surface area contributed by atoms with Gasteiger partial charge in [-0.3, -0.25) is 18.7 Å². The number of pyridine rings is 1. The number of nitrogen functional groups attached to an aromatic ring is 1. The van der Waals surface area contributed by atoms with E-state index in [4.69, 9.17) is 49.4 Å². The molecule has 0 aliphatic carbocycles. The molecule has 0 saturated heterocycles. The summed E-state index contributed by atoms with van der Waals surface area (Å²) in [4.78, 5) is 56.7. The molecular weight excluding hydrogens is 662 g/mol. The van der Waals surface area contributed by atoms with Crippen LogP contribution in [0.2, 0.25) is 0 Å². The van der Waals surface area contributed by atoms with E-state index in [1.54, 1.807) is 50.2 Å². The molecule has 0 fully saturated rings. The van der Waals surface area contributed by atoms with Crippen molar-refractivity contribution in [2.45, 2.75) is 45.3 Å². The lowest BCUT2D eigenvalue weighted by atomic mass is 10.0. The maximum absolute atomic E-state index is 14.8. The molecule has 0 bridgehead atoms. The number of hydrogen-bond acceptors (Lipinski definition) is 14. The first kappa shape index (κ1) is 39.2. The number of esters is 1. The Hall–Kier alpha value is -4.99. The van der Waals surface area contributed by atoms with Crippen molar-refractivity contribution >= 4 is 48.3 Å². The second kappa shape index (κ2) is 17.8. The number of aromatic nitrogens is 3. The van der Waals surface area contributed by atoms with Crippen molar-refractivity contribution in [3.63, 3.8) is 0 Å². The number of carboxylic acids is 2. The number of anilines is 1. The minimum absolute atomic E-state index is 0.127. The summed E-state index contributed by atoms with van der Waals surface area (Å²) in [5, 5.41) is 25.0. The molecule has 3 aromatic rings. The Bertz CT molecular complexity index is 1680. The second-order valence-electron chi connectivity index (χ2n) is 10.2. The van der Waals surface area contributed by atoms with Crippen LogP contribution in [0.25, 0.3) is 11.2 Å². The highest BCUT2D eigenvalue weighted by molar-refractivity contribution is 7.59. The summed E-state index contributed by atoms with van der Waals surface area (Å²) in [7, 11) is -3.58. The van der Waals surface area contributed by atoms with Crippen LogP contribution in [0.1, 0.15) is 33.4 Å². The Morgan fingerprint density at radius 2 is 1.83 bits per heavy atom. The van der Waals surface area contributed by atoms with E-state index < -0.39 is 67.9 Å². The van der Waals surface area contributed by atoms with E-state index >= 15 is 0 Å². The molecule has 2 unspecified atom stereocenters. The number of carboxylic acid groups (broad SMARTS) is 2. The van der Waals surface area contributed by atoms with E-state index in [9.17, 15) is 23.3 Å². The molecule has 17 nitrogen and oxygen atoms in total. The van der Waals surface area contributed by atoms with Crippen LogP contribution in [0.3, 0.4) is 0 Å². The Kier molecular flexibility index (Phi) is 14.5. The molecule has 2 aromatic heterocycles. The predicted molar refractivity (Wildman–Crippen MR) is 162 cm³/mol. The molecular formula is C29H34FN4O13P. The molecule has 1 aromatic carbocycles. The summed E-state index contributed by atoms with van der Waals surface area (Å²) in [6.07, 6.45) is 0.589.